The second-order valence-corrected chi connectivity index (χ2v) is 3.82. The number of hydrogen-bond acceptors (Lipinski definition) is 2. The zero-order valence-electron chi connectivity index (χ0n) is 8.41. The molecular formula is C9H13BrN4Y-2. The van der Waals surface area contributed by atoms with Gasteiger partial charge in [-0.2, -0.15) is 13.1 Å². The number of halogens is 1. The molecule has 0 aliphatic rings. The molecule has 0 aliphatic heterocycles. The van der Waals surface area contributed by atoms with Crippen LogP contribution in [0.15, 0.2) is 16.7 Å². The molecule has 0 aliphatic carbocycles. The Labute approximate surface area is 124 Å². The van der Waals surface area contributed by atoms with Gasteiger partial charge in [-0.15, -0.1) is 6.54 Å². The zero-order valence-corrected chi connectivity index (χ0v) is 12.8. The Hall–Kier alpha value is 0.454. The summed E-state index contributed by atoms with van der Waals surface area (Å²) in [5, 5.41) is 4.27. The molecule has 15 heavy (non-hydrogen) atoms. The van der Waals surface area contributed by atoms with Crippen LogP contribution in [-0.2, 0) is 39.3 Å². The Kier molecular flexibility index (Phi) is 8.85. The molecule has 0 spiro atoms. The second kappa shape index (κ2) is 8.59. The molecule has 4 nitrogen and oxygen atoms in total. The van der Waals surface area contributed by atoms with Gasteiger partial charge in [0.25, 0.3) is 0 Å². The van der Waals surface area contributed by atoms with Crippen LogP contribution in [0, 0.1) is 0 Å². The standard InChI is InChI=1S/C9H13BrN4.Y/c10-8-4-7(9(12)14-6-8)5-13-3-1-2-11;/h4,6,11H,1-3,5H2,(H2,12,14);/q-2;. The van der Waals surface area contributed by atoms with Gasteiger partial charge in [0.05, 0.1) is 0 Å². The second-order valence-electron chi connectivity index (χ2n) is 2.91. The Bertz CT molecular complexity index is 295. The van der Waals surface area contributed by atoms with E-state index in [2.05, 4.69) is 26.2 Å². The van der Waals surface area contributed by atoms with Crippen LogP contribution >= 0.6 is 15.9 Å². The van der Waals surface area contributed by atoms with E-state index in [4.69, 9.17) is 11.5 Å². The van der Waals surface area contributed by atoms with E-state index in [0.717, 1.165) is 23.0 Å². The number of rotatable bonds is 5. The van der Waals surface area contributed by atoms with Crippen molar-refractivity contribution < 1.29 is 32.7 Å². The molecule has 0 bridgehead atoms. The van der Waals surface area contributed by atoms with Gasteiger partial charge in [-0.05, 0) is 27.6 Å². The molecule has 1 heterocycles. The SMILES string of the molecule is [NH-]CCC[N-]Cc1cc(Br)cnc1N.[Y]. The number of nitrogens with two attached hydrogens (primary N) is 1. The Morgan fingerprint density at radius 3 is 2.93 bits per heavy atom. The largest absolute Gasteiger partial charge is 0.677 e. The first kappa shape index (κ1) is 15.5. The van der Waals surface area contributed by atoms with E-state index in [1.165, 1.54) is 0 Å². The maximum absolute atomic E-state index is 6.96. The molecule has 81 valence electrons. The summed E-state index contributed by atoms with van der Waals surface area (Å²) in [6.45, 7) is 1.73. The fraction of sp³-hybridized carbons (Fsp3) is 0.444. The number of hydrogen-bond donors (Lipinski definition) is 1. The van der Waals surface area contributed by atoms with Crippen molar-refractivity contribution in [3.63, 3.8) is 0 Å². The molecule has 1 aromatic rings. The van der Waals surface area contributed by atoms with Crippen LogP contribution in [0.1, 0.15) is 12.0 Å². The van der Waals surface area contributed by atoms with Gasteiger partial charge in [-0.3, -0.25) is 0 Å². The van der Waals surface area contributed by atoms with E-state index < -0.39 is 0 Å². The molecule has 0 saturated carbocycles. The van der Waals surface area contributed by atoms with Gasteiger partial charge in [-0.25, -0.2) is 4.98 Å². The van der Waals surface area contributed by atoms with Gasteiger partial charge < -0.3 is 16.8 Å². The van der Waals surface area contributed by atoms with Crippen LogP contribution in [0.25, 0.3) is 11.1 Å². The summed E-state index contributed by atoms with van der Waals surface area (Å²) >= 11 is 3.33. The maximum Gasteiger partial charge on any atom is 0.124 e. The summed E-state index contributed by atoms with van der Waals surface area (Å²) in [5.74, 6) is 0.530. The molecule has 3 N–H and O–H groups in total. The molecule has 0 atom stereocenters. The topological polar surface area (TPSA) is 76.8 Å². The van der Waals surface area contributed by atoms with Crippen LogP contribution in [0.2, 0.25) is 0 Å². The van der Waals surface area contributed by atoms with Gasteiger partial charge in [-0.1, -0.05) is 6.42 Å². The molecule has 6 heteroatoms. The third-order valence-electron chi connectivity index (χ3n) is 1.74. The number of aromatic nitrogens is 1. The van der Waals surface area contributed by atoms with Crippen molar-refractivity contribution in [3.05, 3.63) is 33.3 Å². The molecule has 0 aromatic carbocycles. The maximum atomic E-state index is 6.96. The molecule has 0 saturated heterocycles. The number of nitrogens with zero attached hydrogens (tertiary/aromatic N) is 2. The molecule has 0 unspecified atom stereocenters. The van der Waals surface area contributed by atoms with Crippen molar-refractivity contribution in [2.24, 2.45) is 0 Å². The summed E-state index contributed by atoms with van der Waals surface area (Å²) in [7, 11) is 0. The molecule has 0 fully saturated rings. The van der Waals surface area contributed by atoms with Crippen molar-refractivity contribution in [1.29, 1.82) is 0 Å². The number of nitrogen functional groups attached to an aromatic ring is 1. The van der Waals surface area contributed by atoms with Crippen LogP contribution in [-0.4, -0.2) is 18.1 Å². The number of nitrogens with one attached hydrogen (secondary N) is 1. The Morgan fingerprint density at radius 2 is 2.27 bits per heavy atom. The number of pyridine rings is 1. The average Bonchev–Trinajstić information content (AvgIpc) is 2.18. The fourth-order valence-corrected chi connectivity index (χ4v) is 1.39. The quantitative estimate of drug-likeness (QED) is 0.833. The first-order valence-electron chi connectivity index (χ1n) is 4.42. The normalized spacial score (nSPS) is 9.73. The minimum Gasteiger partial charge on any atom is -0.677 e. The fourth-order valence-electron chi connectivity index (χ4n) is 1.01. The smallest absolute Gasteiger partial charge is 0.124 e. The van der Waals surface area contributed by atoms with E-state index >= 15 is 0 Å². The van der Waals surface area contributed by atoms with E-state index in [1.54, 1.807) is 6.20 Å². The third-order valence-corrected chi connectivity index (χ3v) is 2.18. The molecule has 1 radical (unpaired) electrons. The van der Waals surface area contributed by atoms with E-state index in [-0.39, 0.29) is 32.7 Å². The first-order chi connectivity index (χ1) is 6.74. The van der Waals surface area contributed by atoms with Gasteiger partial charge in [0.2, 0.25) is 0 Å². The van der Waals surface area contributed by atoms with E-state index in [0.29, 0.717) is 18.9 Å². The van der Waals surface area contributed by atoms with Gasteiger partial charge >= 0.3 is 0 Å². The summed E-state index contributed by atoms with van der Waals surface area (Å²) in [6.07, 6.45) is 2.48. The van der Waals surface area contributed by atoms with Crippen molar-refractivity contribution in [2.45, 2.75) is 13.0 Å². The van der Waals surface area contributed by atoms with E-state index in [9.17, 15) is 0 Å². The van der Waals surface area contributed by atoms with Crippen LogP contribution in [0.3, 0.4) is 0 Å². The summed E-state index contributed by atoms with van der Waals surface area (Å²) < 4.78 is 0.914. The average molecular weight is 346 g/mol. The zero-order chi connectivity index (χ0) is 10.4. The van der Waals surface area contributed by atoms with Crippen LogP contribution in [0.5, 0.6) is 0 Å². The van der Waals surface area contributed by atoms with E-state index in [1.807, 2.05) is 6.07 Å². The molecule has 1 aromatic heterocycles. The van der Waals surface area contributed by atoms with Crippen LogP contribution < -0.4 is 5.73 Å². The predicted octanol–water partition coefficient (Wildman–Crippen LogP) is 2.74. The van der Waals surface area contributed by atoms with Crippen molar-refractivity contribution in [2.75, 3.05) is 18.8 Å². The van der Waals surface area contributed by atoms with Crippen molar-refractivity contribution >= 4 is 21.7 Å². The minimum absolute atomic E-state index is 0. The number of anilines is 1. The monoisotopic (exact) mass is 345 g/mol. The van der Waals surface area contributed by atoms with Crippen molar-refractivity contribution in [3.8, 4) is 0 Å². The molecule has 1 rings (SSSR count). The molecular weight excluding hydrogens is 333 g/mol. The predicted molar refractivity (Wildman–Crippen MR) is 62.1 cm³/mol. The van der Waals surface area contributed by atoms with Gasteiger partial charge in [0.15, 0.2) is 0 Å². The van der Waals surface area contributed by atoms with Crippen molar-refractivity contribution in [1.82, 2.24) is 4.98 Å². The Balaban J connectivity index is 0.00000196. The summed E-state index contributed by atoms with van der Waals surface area (Å²) in [5.41, 5.74) is 13.6. The summed E-state index contributed by atoms with van der Waals surface area (Å²) in [4.78, 5) is 4.01. The summed E-state index contributed by atoms with van der Waals surface area (Å²) in [6, 6.07) is 1.92. The van der Waals surface area contributed by atoms with Crippen LogP contribution in [0.4, 0.5) is 5.82 Å². The van der Waals surface area contributed by atoms with Gasteiger partial charge in [0.1, 0.15) is 5.82 Å². The first-order valence-corrected chi connectivity index (χ1v) is 5.21. The Morgan fingerprint density at radius 1 is 1.53 bits per heavy atom. The third kappa shape index (κ3) is 5.92. The minimum atomic E-state index is 0. The van der Waals surface area contributed by atoms with Gasteiger partial charge in [0, 0.05) is 43.4 Å². The molecule has 0 amide bonds.